The molecule has 0 bridgehead atoms. The van der Waals surface area contributed by atoms with Gasteiger partial charge in [0.2, 0.25) is 5.91 Å². The van der Waals surface area contributed by atoms with Crippen LogP contribution in [0.2, 0.25) is 0 Å². The molecule has 3 aromatic carbocycles. The summed E-state index contributed by atoms with van der Waals surface area (Å²) in [6.45, 7) is 0. The van der Waals surface area contributed by atoms with Crippen LogP contribution in [-0.2, 0) is 4.79 Å². The largest absolute Gasteiger partial charge is 0.355 e. The summed E-state index contributed by atoms with van der Waals surface area (Å²) < 4.78 is 0. The maximum Gasteiger partial charge on any atom is 0.255 e. The summed E-state index contributed by atoms with van der Waals surface area (Å²) in [4.78, 5) is 28.7. The number of aromatic amines is 1. The Bertz CT molecular complexity index is 1280. The zero-order chi connectivity index (χ0) is 23.3. The van der Waals surface area contributed by atoms with Crippen LogP contribution in [-0.4, -0.2) is 16.8 Å². The molecule has 0 saturated heterocycles. The third kappa shape index (κ3) is 5.04. The molecule has 0 spiro atoms. The zero-order valence-electron chi connectivity index (χ0n) is 19.1. The number of nitrogens with one attached hydrogen (secondary N) is 3. The minimum absolute atomic E-state index is 0.129. The predicted octanol–water partition coefficient (Wildman–Crippen LogP) is 7.00. The highest BCUT2D eigenvalue weighted by atomic mass is 16.2. The molecule has 0 unspecified atom stereocenters. The van der Waals surface area contributed by atoms with Gasteiger partial charge in [0, 0.05) is 39.5 Å². The molecule has 5 nitrogen and oxygen atoms in total. The second kappa shape index (κ2) is 9.96. The maximum absolute atomic E-state index is 12.6. The van der Waals surface area contributed by atoms with Crippen molar-refractivity contribution in [2.75, 3.05) is 10.6 Å². The van der Waals surface area contributed by atoms with E-state index in [-0.39, 0.29) is 17.7 Å². The van der Waals surface area contributed by atoms with E-state index in [1.807, 2.05) is 78.9 Å². The van der Waals surface area contributed by atoms with Crippen molar-refractivity contribution in [2.24, 2.45) is 5.92 Å². The topological polar surface area (TPSA) is 74.0 Å². The molecule has 1 fully saturated rings. The van der Waals surface area contributed by atoms with Crippen LogP contribution in [0.1, 0.15) is 48.9 Å². The third-order valence-electron chi connectivity index (χ3n) is 6.60. The van der Waals surface area contributed by atoms with Crippen molar-refractivity contribution >= 4 is 34.1 Å². The minimum Gasteiger partial charge on any atom is -0.355 e. The molecule has 3 N–H and O–H groups in total. The van der Waals surface area contributed by atoms with E-state index in [0.717, 1.165) is 59.2 Å². The lowest BCUT2D eigenvalue weighted by atomic mass is 9.99. The van der Waals surface area contributed by atoms with Crippen LogP contribution in [0.15, 0.2) is 78.9 Å². The maximum atomic E-state index is 12.6. The lowest BCUT2D eigenvalue weighted by Gasteiger charge is -2.14. The Labute approximate surface area is 199 Å². The quantitative estimate of drug-likeness (QED) is 0.286. The first-order chi connectivity index (χ1) is 16.7. The van der Waals surface area contributed by atoms with Crippen molar-refractivity contribution in [2.45, 2.75) is 38.5 Å². The lowest BCUT2D eigenvalue weighted by Crippen LogP contribution is -2.22. The van der Waals surface area contributed by atoms with Crippen molar-refractivity contribution in [3.8, 4) is 11.3 Å². The minimum atomic E-state index is -0.135. The van der Waals surface area contributed by atoms with Gasteiger partial charge in [-0.3, -0.25) is 9.59 Å². The highest BCUT2D eigenvalue weighted by molar-refractivity contribution is 6.06. The smallest absolute Gasteiger partial charge is 0.255 e. The van der Waals surface area contributed by atoms with Gasteiger partial charge in [-0.25, -0.2) is 0 Å². The van der Waals surface area contributed by atoms with Gasteiger partial charge in [0.1, 0.15) is 0 Å². The number of H-pyrrole nitrogens is 1. The molecule has 34 heavy (non-hydrogen) atoms. The molecule has 5 rings (SSSR count). The van der Waals surface area contributed by atoms with Gasteiger partial charge in [0.15, 0.2) is 0 Å². The second-order valence-electron chi connectivity index (χ2n) is 9.06. The van der Waals surface area contributed by atoms with Crippen LogP contribution in [0.5, 0.6) is 0 Å². The number of para-hydroxylation sites is 1. The van der Waals surface area contributed by atoms with E-state index in [9.17, 15) is 9.59 Å². The van der Waals surface area contributed by atoms with Gasteiger partial charge >= 0.3 is 0 Å². The van der Waals surface area contributed by atoms with Crippen molar-refractivity contribution in [1.82, 2.24) is 4.98 Å². The normalized spacial score (nSPS) is 14.5. The van der Waals surface area contributed by atoms with Gasteiger partial charge in [-0.2, -0.15) is 0 Å². The van der Waals surface area contributed by atoms with Gasteiger partial charge in [-0.15, -0.1) is 0 Å². The standard InChI is InChI=1S/C29H29N3O2/c33-28(21-8-4-1-2-5-9-21)31-25-15-12-20(13-16-25)27-19-23-18-22(14-17-26(23)32-27)29(34)30-24-10-6-3-7-11-24/h3,6-7,10-19,21,32H,1-2,4-5,8-9H2,(H,30,34)(H,31,33). The molecule has 1 heterocycles. The fourth-order valence-electron chi connectivity index (χ4n) is 4.67. The average Bonchev–Trinajstić information content (AvgIpc) is 3.09. The molecule has 1 saturated carbocycles. The fourth-order valence-corrected chi connectivity index (χ4v) is 4.67. The summed E-state index contributed by atoms with van der Waals surface area (Å²) >= 11 is 0. The third-order valence-corrected chi connectivity index (χ3v) is 6.60. The van der Waals surface area contributed by atoms with E-state index < -0.39 is 0 Å². The summed E-state index contributed by atoms with van der Waals surface area (Å²) in [5, 5.41) is 6.99. The molecule has 1 aromatic heterocycles. The SMILES string of the molecule is O=C(Nc1ccccc1)c1ccc2[nH]c(-c3ccc(NC(=O)C4CCCCCC4)cc3)cc2c1. The van der Waals surface area contributed by atoms with Crippen molar-refractivity contribution < 1.29 is 9.59 Å². The Hall–Kier alpha value is -3.86. The number of rotatable bonds is 5. The number of amides is 2. The molecule has 0 atom stereocenters. The number of fused-ring (bicyclic) bond motifs is 1. The Balaban J connectivity index is 1.28. The lowest BCUT2D eigenvalue weighted by molar-refractivity contribution is -0.120. The number of hydrogen-bond donors (Lipinski definition) is 3. The van der Waals surface area contributed by atoms with Gasteiger partial charge in [-0.1, -0.05) is 56.0 Å². The highest BCUT2D eigenvalue weighted by Gasteiger charge is 2.20. The molecular formula is C29H29N3O2. The number of anilines is 2. The van der Waals surface area contributed by atoms with Crippen molar-refractivity contribution in [3.05, 3.63) is 84.4 Å². The monoisotopic (exact) mass is 451 g/mol. The number of aromatic nitrogens is 1. The van der Waals surface area contributed by atoms with Gasteiger partial charge < -0.3 is 15.6 Å². The van der Waals surface area contributed by atoms with E-state index >= 15 is 0 Å². The first-order valence-electron chi connectivity index (χ1n) is 12.1. The van der Waals surface area contributed by atoms with Gasteiger partial charge in [0.05, 0.1) is 0 Å². The van der Waals surface area contributed by atoms with E-state index in [1.165, 1.54) is 12.8 Å². The molecule has 4 aromatic rings. The Kier molecular flexibility index (Phi) is 6.43. The first-order valence-corrected chi connectivity index (χ1v) is 12.1. The highest BCUT2D eigenvalue weighted by Crippen LogP contribution is 2.28. The molecule has 5 heteroatoms. The molecule has 1 aliphatic carbocycles. The zero-order valence-corrected chi connectivity index (χ0v) is 19.1. The van der Waals surface area contributed by atoms with Crippen molar-refractivity contribution in [1.29, 1.82) is 0 Å². The van der Waals surface area contributed by atoms with E-state index in [4.69, 9.17) is 0 Å². The first kappa shape index (κ1) is 22.0. The predicted molar refractivity (Wildman–Crippen MR) is 138 cm³/mol. The van der Waals surface area contributed by atoms with Crippen LogP contribution >= 0.6 is 0 Å². The van der Waals surface area contributed by atoms with E-state index in [2.05, 4.69) is 15.6 Å². The van der Waals surface area contributed by atoms with Crippen LogP contribution in [0.3, 0.4) is 0 Å². The Morgan fingerprint density at radius 1 is 0.735 bits per heavy atom. The number of carbonyl (C=O) groups is 2. The van der Waals surface area contributed by atoms with Gasteiger partial charge in [0.25, 0.3) is 5.91 Å². The van der Waals surface area contributed by atoms with Crippen LogP contribution in [0.4, 0.5) is 11.4 Å². The number of benzene rings is 3. The summed E-state index contributed by atoms with van der Waals surface area (Å²) in [6.07, 6.45) is 6.75. The Morgan fingerprint density at radius 3 is 2.18 bits per heavy atom. The molecule has 2 amide bonds. The molecule has 1 aliphatic rings. The summed E-state index contributed by atoms with van der Waals surface area (Å²) in [5.74, 6) is 0.135. The van der Waals surface area contributed by atoms with E-state index in [1.54, 1.807) is 0 Å². The fraction of sp³-hybridized carbons (Fsp3) is 0.241. The van der Waals surface area contributed by atoms with Crippen LogP contribution in [0, 0.1) is 5.92 Å². The summed E-state index contributed by atoms with van der Waals surface area (Å²) in [5.41, 5.74) is 5.18. The van der Waals surface area contributed by atoms with Crippen molar-refractivity contribution in [3.63, 3.8) is 0 Å². The summed E-state index contributed by atoms with van der Waals surface area (Å²) in [6, 6.07) is 25.1. The molecule has 0 aliphatic heterocycles. The Morgan fingerprint density at radius 2 is 1.44 bits per heavy atom. The summed E-state index contributed by atoms with van der Waals surface area (Å²) in [7, 11) is 0. The second-order valence-corrected chi connectivity index (χ2v) is 9.06. The molecular weight excluding hydrogens is 422 g/mol. The van der Waals surface area contributed by atoms with Crippen LogP contribution < -0.4 is 10.6 Å². The molecule has 172 valence electrons. The average molecular weight is 452 g/mol. The van der Waals surface area contributed by atoms with E-state index in [0.29, 0.717) is 5.56 Å². The number of hydrogen-bond acceptors (Lipinski definition) is 2. The number of carbonyl (C=O) groups excluding carboxylic acids is 2. The molecule has 0 radical (unpaired) electrons. The van der Waals surface area contributed by atoms with Crippen LogP contribution in [0.25, 0.3) is 22.2 Å². The van der Waals surface area contributed by atoms with Gasteiger partial charge in [-0.05, 0) is 66.9 Å².